The zero-order valence-corrected chi connectivity index (χ0v) is 17.4. The number of pyridine rings is 2. The van der Waals surface area contributed by atoms with E-state index in [-0.39, 0.29) is 11.8 Å². The Hall–Kier alpha value is -3.49. The number of piperazine rings is 1. The lowest BCUT2D eigenvalue weighted by Gasteiger charge is -2.36. The third-order valence-electron chi connectivity index (χ3n) is 4.96. The molecule has 3 aromatic rings. The van der Waals surface area contributed by atoms with Gasteiger partial charge in [0.2, 0.25) is 0 Å². The molecule has 0 unspecified atom stereocenters. The van der Waals surface area contributed by atoms with Crippen molar-refractivity contribution in [3.63, 3.8) is 0 Å². The molecule has 0 atom stereocenters. The third kappa shape index (κ3) is 3.96. The van der Waals surface area contributed by atoms with Gasteiger partial charge >= 0.3 is 6.09 Å². The Morgan fingerprint density at radius 2 is 1.87 bits per heavy atom. The van der Waals surface area contributed by atoms with Crippen LogP contribution in [0.5, 0.6) is 5.75 Å². The summed E-state index contributed by atoms with van der Waals surface area (Å²) in [5.74, 6) is 0.918. The Kier molecular flexibility index (Phi) is 4.89. The van der Waals surface area contributed by atoms with Crippen LogP contribution in [0.1, 0.15) is 20.8 Å². The first-order chi connectivity index (χ1) is 14.2. The molecule has 0 aliphatic carbocycles. The molecule has 3 aromatic heterocycles. The molecule has 1 aliphatic heterocycles. The predicted octanol–water partition coefficient (Wildman–Crippen LogP) is 2.74. The molecule has 3 N–H and O–H groups in total. The third-order valence-corrected chi connectivity index (χ3v) is 4.96. The first-order valence-electron chi connectivity index (χ1n) is 9.86. The monoisotopic (exact) mass is 410 g/mol. The van der Waals surface area contributed by atoms with Crippen molar-refractivity contribution in [2.45, 2.75) is 26.4 Å². The van der Waals surface area contributed by atoms with Crippen molar-refractivity contribution in [3.8, 4) is 16.9 Å². The van der Waals surface area contributed by atoms with Gasteiger partial charge in [-0.15, -0.1) is 0 Å². The Morgan fingerprint density at radius 3 is 2.50 bits per heavy atom. The summed E-state index contributed by atoms with van der Waals surface area (Å²) in [5.41, 5.74) is 7.91. The van der Waals surface area contributed by atoms with Crippen LogP contribution in [0.2, 0.25) is 0 Å². The van der Waals surface area contributed by atoms with Crippen LogP contribution in [0.25, 0.3) is 16.6 Å². The number of fused-ring (bicyclic) bond motifs is 1. The number of rotatable bonds is 2. The summed E-state index contributed by atoms with van der Waals surface area (Å²) in [5, 5.41) is 14.4. The second-order valence-corrected chi connectivity index (χ2v) is 8.37. The molecule has 1 aliphatic rings. The van der Waals surface area contributed by atoms with Gasteiger partial charge in [0.1, 0.15) is 22.7 Å². The summed E-state index contributed by atoms with van der Waals surface area (Å²) in [6.07, 6.45) is 4.81. The van der Waals surface area contributed by atoms with Gasteiger partial charge in [-0.3, -0.25) is 0 Å². The van der Waals surface area contributed by atoms with Crippen LogP contribution in [-0.4, -0.2) is 62.5 Å². The highest BCUT2D eigenvalue weighted by atomic mass is 16.6. The molecule has 0 aromatic carbocycles. The van der Waals surface area contributed by atoms with Gasteiger partial charge in [-0.25, -0.2) is 14.3 Å². The Balaban J connectivity index is 1.44. The predicted molar refractivity (Wildman–Crippen MR) is 115 cm³/mol. The highest BCUT2D eigenvalue weighted by Crippen LogP contribution is 2.30. The fraction of sp³-hybridized carbons (Fsp3) is 0.381. The Labute approximate surface area is 174 Å². The maximum absolute atomic E-state index is 12.2. The molecule has 0 spiro atoms. The van der Waals surface area contributed by atoms with E-state index in [0.717, 1.165) is 16.9 Å². The first-order valence-corrected chi connectivity index (χ1v) is 9.86. The normalized spacial score (nSPS) is 14.9. The molecular formula is C21H26N6O3. The van der Waals surface area contributed by atoms with Crippen molar-refractivity contribution in [1.82, 2.24) is 19.5 Å². The van der Waals surface area contributed by atoms with Crippen molar-refractivity contribution in [2.75, 3.05) is 36.8 Å². The summed E-state index contributed by atoms with van der Waals surface area (Å²) >= 11 is 0. The number of nitrogens with two attached hydrogens (primary N) is 1. The Bertz CT molecular complexity index is 1060. The first kappa shape index (κ1) is 19.8. The van der Waals surface area contributed by atoms with E-state index in [1.807, 2.05) is 39.1 Å². The lowest BCUT2D eigenvalue weighted by molar-refractivity contribution is 0.0240. The number of ether oxygens (including phenoxy) is 1. The van der Waals surface area contributed by atoms with Crippen LogP contribution < -0.4 is 10.6 Å². The van der Waals surface area contributed by atoms with Crippen molar-refractivity contribution in [2.24, 2.45) is 0 Å². The van der Waals surface area contributed by atoms with Crippen LogP contribution in [0.15, 0.2) is 36.8 Å². The number of anilines is 2. The minimum Gasteiger partial charge on any atom is -0.506 e. The fourth-order valence-corrected chi connectivity index (χ4v) is 3.47. The van der Waals surface area contributed by atoms with Gasteiger partial charge < -0.3 is 25.4 Å². The number of hydrogen-bond acceptors (Lipinski definition) is 7. The van der Waals surface area contributed by atoms with Crippen molar-refractivity contribution < 1.29 is 14.6 Å². The van der Waals surface area contributed by atoms with E-state index in [4.69, 9.17) is 10.5 Å². The van der Waals surface area contributed by atoms with E-state index in [1.54, 1.807) is 21.7 Å². The molecule has 9 nitrogen and oxygen atoms in total. The van der Waals surface area contributed by atoms with Gasteiger partial charge in [0, 0.05) is 49.7 Å². The van der Waals surface area contributed by atoms with E-state index in [2.05, 4.69) is 15.0 Å². The van der Waals surface area contributed by atoms with Crippen LogP contribution in [-0.2, 0) is 4.74 Å². The van der Waals surface area contributed by atoms with E-state index in [9.17, 15) is 9.90 Å². The summed E-state index contributed by atoms with van der Waals surface area (Å²) < 4.78 is 7.00. The standard InChI is InChI=1S/C21H26N6O3/c1-21(2,3)30-20(29)26-8-6-25(7-9-26)18-5-4-14(11-23-18)15-10-17(28)19-16(22)12-24-27(19)13-15/h4-5,10-13,28H,6-9,22H2,1-3H3. The largest absolute Gasteiger partial charge is 0.506 e. The molecule has 0 bridgehead atoms. The van der Waals surface area contributed by atoms with Crippen LogP contribution in [0.4, 0.5) is 16.3 Å². The van der Waals surface area contributed by atoms with E-state index in [0.29, 0.717) is 37.4 Å². The van der Waals surface area contributed by atoms with Crippen molar-refractivity contribution in [1.29, 1.82) is 0 Å². The van der Waals surface area contributed by atoms with Gasteiger partial charge in [-0.2, -0.15) is 5.10 Å². The second-order valence-electron chi connectivity index (χ2n) is 8.37. The minimum atomic E-state index is -0.495. The molecule has 1 amide bonds. The number of nitrogen functional groups attached to an aromatic ring is 1. The quantitative estimate of drug-likeness (QED) is 0.668. The average molecular weight is 410 g/mol. The molecule has 0 saturated carbocycles. The number of carbonyl (C=O) groups is 1. The second kappa shape index (κ2) is 7.40. The van der Waals surface area contributed by atoms with Gasteiger partial charge in [-0.05, 0) is 39.0 Å². The molecule has 158 valence electrons. The van der Waals surface area contributed by atoms with Gasteiger partial charge in [0.05, 0.1) is 11.9 Å². The number of aromatic nitrogens is 3. The van der Waals surface area contributed by atoms with Crippen molar-refractivity contribution >= 4 is 23.1 Å². The van der Waals surface area contributed by atoms with Crippen molar-refractivity contribution in [3.05, 3.63) is 36.8 Å². The SMILES string of the molecule is CC(C)(C)OC(=O)N1CCN(c2ccc(-c3cc(O)c4c(N)cnn4c3)cn2)CC1. The highest BCUT2D eigenvalue weighted by molar-refractivity contribution is 5.79. The molecule has 1 fully saturated rings. The number of hydrogen-bond donors (Lipinski definition) is 2. The molecule has 9 heteroatoms. The summed E-state index contributed by atoms with van der Waals surface area (Å²) in [7, 11) is 0. The molecular weight excluding hydrogens is 384 g/mol. The molecule has 4 heterocycles. The average Bonchev–Trinajstić information content (AvgIpc) is 3.08. The molecule has 0 radical (unpaired) electrons. The van der Waals surface area contributed by atoms with Gasteiger partial charge in [0.25, 0.3) is 0 Å². The van der Waals surface area contributed by atoms with Gasteiger partial charge in [-0.1, -0.05) is 0 Å². The van der Waals surface area contributed by atoms with E-state index < -0.39 is 5.60 Å². The number of carbonyl (C=O) groups excluding carboxylic acids is 1. The lowest BCUT2D eigenvalue weighted by atomic mass is 10.1. The van der Waals surface area contributed by atoms with E-state index >= 15 is 0 Å². The maximum atomic E-state index is 12.2. The minimum absolute atomic E-state index is 0.0739. The zero-order chi connectivity index (χ0) is 21.5. The number of amides is 1. The fourth-order valence-electron chi connectivity index (χ4n) is 3.47. The van der Waals surface area contributed by atoms with Crippen LogP contribution >= 0.6 is 0 Å². The topological polar surface area (TPSA) is 109 Å². The number of aromatic hydroxyl groups is 1. The summed E-state index contributed by atoms with van der Waals surface area (Å²) in [6.45, 7) is 8.14. The van der Waals surface area contributed by atoms with Crippen LogP contribution in [0, 0.1) is 0 Å². The smallest absolute Gasteiger partial charge is 0.410 e. The summed E-state index contributed by atoms with van der Waals surface area (Å²) in [6, 6.07) is 5.55. The van der Waals surface area contributed by atoms with Gasteiger partial charge in [0.15, 0.2) is 0 Å². The Morgan fingerprint density at radius 1 is 1.13 bits per heavy atom. The molecule has 1 saturated heterocycles. The zero-order valence-electron chi connectivity index (χ0n) is 17.4. The summed E-state index contributed by atoms with van der Waals surface area (Å²) in [4.78, 5) is 20.7. The van der Waals surface area contributed by atoms with E-state index in [1.165, 1.54) is 6.20 Å². The lowest BCUT2D eigenvalue weighted by Crippen LogP contribution is -2.50. The molecule has 30 heavy (non-hydrogen) atoms. The molecule has 4 rings (SSSR count). The number of nitrogens with zero attached hydrogens (tertiary/aromatic N) is 5. The highest BCUT2D eigenvalue weighted by Gasteiger charge is 2.26. The van der Waals surface area contributed by atoms with Crippen LogP contribution in [0.3, 0.4) is 0 Å². The maximum Gasteiger partial charge on any atom is 0.410 e.